The Hall–Kier alpha value is -0.0200. The van der Waals surface area contributed by atoms with Gasteiger partial charge in [-0.25, -0.2) is 0 Å². The fourth-order valence-electron chi connectivity index (χ4n) is 0.773. The number of halogens is 2. The molecule has 0 aromatic heterocycles. The topological polar surface area (TPSA) is 12.4 Å². The van der Waals surface area contributed by atoms with Crippen molar-refractivity contribution in [3.8, 4) is 0 Å². The minimum absolute atomic E-state index is 0.815. The van der Waals surface area contributed by atoms with Crippen molar-refractivity contribution in [1.29, 1.82) is 0 Å². The third-order valence-corrected chi connectivity index (χ3v) is 2.71. The summed E-state index contributed by atoms with van der Waals surface area (Å²) < 4.78 is 0.941. The lowest BCUT2D eigenvalue weighted by molar-refractivity contribution is 1.39. The van der Waals surface area contributed by atoms with Crippen LogP contribution in [0.3, 0.4) is 0 Å². The maximum atomic E-state index is 4.51. The van der Waals surface area contributed by atoms with Crippen LogP contribution in [0.5, 0.6) is 0 Å². The second kappa shape index (κ2) is 4.87. The smallest absolute Gasteiger partial charge is 0.0881 e. The number of nitrogens with zero attached hydrogens (tertiary/aromatic N) is 1. The fourth-order valence-corrected chi connectivity index (χ4v) is 1.74. The number of aliphatic imine (C=N–C) groups is 1. The lowest BCUT2D eigenvalue weighted by Gasteiger charge is -1.98. The highest BCUT2D eigenvalue weighted by atomic mass is 79.9. The molecule has 0 spiro atoms. The van der Waals surface area contributed by atoms with E-state index in [2.05, 4.69) is 54.2 Å². The summed E-state index contributed by atoms with van der Waals surface area (Å²) in [5.74, 6) is 0. The molecular formula is C8H5Br2NS. The van der Waals surface area contributed by atoms with Gasteiger partial charge in [0.05, 0.1) is 10.8 Å². The van der Waals surface area contributed by atoms with Gasteiger partial charge in [0.1, 0.15) is 0 Å². The number of hydrogen-bond donors (Lipinski definition) is 0. The molecule has 62 valence electrons. The molecule has 0 N–H and O–H groups in total. The minimum Gasteiger partial charge on any atom is -0.194 e. The van der Waals surface area contributed by atoms with Crippen molar-refractivity contribution in [2.75, 3.05) is 0 Å². The number of alkyl halides is 1. The van der Waals surface area contributed by atoms with E-state index in [0.717, 1.165) is 15.5 Å². The Morgan fingerprint density at radius 3 is 2.75 bits per heavy atom. The summed E-state index contributed by atoms with van der Waals surface area (Å²) in [6.45, 7) is 0. The Bertz CT molecular complexity index is 332. The van der Waals surface area contributed by atoms with Crippen LogP contribution in [0.25, 0.3) is 0 Å². The Balaban J connectivity index is 3.11. The molecule has 1 nitrogen and oxygen atoms in total. The van der Waals surface area contributed by atoms with Crippen molar-refractivity contribution in [1.82, 2.24) is 0 Å². The third kappa shape index (κ3) is 2.49. The first-order valence-electron chi connectivity index (χ1n) is 3.20. The monoisotopic (exact) mass is 305 g/mol. The largest absolute Gasteiger partial charge is 0.194 e. The molecule has 1 aromatic carbocycles. The van der Waals surface area contributed by atoms with Crippen LogP contribution in [-0.2, 0) is 5.33 Å². The molecule has 4 heteroatoms. The van der Waals surface area contributed by atoms with E-state index in [4.69, 9.17) is 0 Å². The fraction of sp³-hybridized carbons (Fsp3) is 0.125. The molecule has 0 unspecified atom stereocenters. The molecule has 0 heterocycles. The number of benzene rings is 1. The average Bonchev–Trinajstić information content (AvgIpc) is 2.09. The zero-order valence-corrected chi connectivity index (χ0v) is 10.0. The molecule has 0 aliphatic heterocycles. The van der Waals surface area contributed by atoms with Crippen molar-refractivity contribution in [2.24, 2.45) is 4.99 Å². The maximum absolute atomic E-state index is 4.51. The Labute approximate surface area is 93.2 Å². The van der Waals surface area contributed by atoms with Gasteiger partial charge in [-0.2, -0.15) is 4.99 Å². The normalized spacial score (nSPS) is 9.17. The van der Waals surface area contributed by atoms with E-state index in [-0.39, 0.29) is 0 Å². The summed E-state index contributed by atoms with van der Waals surface area (Å²) in [4.78, 5) is 3.88. The molecule has 0 aliphatic rings. The first-order valence-corrected chi connectivity index (χ1v) is 5.52. The molecular weight excluding hydrogens is 302 g/mol. The maximum Gasteiger partial charge on any atom is 0.0881 e. The Kier molecular flexibility index (Phi) is 4.09. The zero-order valence-electron chi connectivity index (χ0n) is 6.05. The first kappa shape index (κ1) is 10.1. The Morgan fingerprint density at radius 2 is 2.25 bits per heavy atom. The molecule has 0 amide bonds. The van der Waals surface area contributed by atoms with Crippen LogP contribution >= 0.6 is 44.1 Å². The molecule has 0 saturated heterocycles. The van der Waals surface area contributed by atoms with E-state index < -0.39 is 0 Å². The van der Waals surface area contributed by atoms with Crippen LogP contribution in [0.1, 0.15) is 5.56 Å². The summed E-state index contributed by atoms with van der Waals surface area (Å²) in [6, 6.07) is 5.89. The lowest BCUT2D eigenvalue weighted by Crippen LogP contribution is -1.76. The van der Waals surface area contributed by atoms with Crippen LogP contribution in [0.2, 0.25) is 0 Å². The number of isothiocyanates is 1. The van der Waals surface area contributed by atoms with Gasteiger partial charge in [-0.15, -0.1) is 0 Å². The molecule has 0 radical (unpaired) electrons. The highest BCUT2D eigenvalue weighted by Gasteiger charge is 1.98. The summed E-state index contributed by atoms with van der Waals surface area (Å²) in [7, 11) is 0. The van der Waals surface area contributed by atoms with E-state index in [1.165, 1.54) is 5.56 Å². The summed E-state index contributed by atoms with van der Waals surface area (Å²) >= 11 is 11.3. The number of hydrogen-bond acceptors (Lipinski definition) is 2. The van der Waals surface area contributed by atoms with E-state index >= 15 is 0 Å². The second-order valence-corrected chi connectivity index (χ2v) is 3.72. The molecule has 0 bridgehead atoms. The molecule has 0 atom stereocenters. The SMILES string of the molecule is S=C=Nc1ccc(CBr)cc1Br. The van der Waals surface area contributed by atoms with Crippen LogP contribution < -0.4 is 0 Å². The van der Waals surface area contributed by atoms with Crippen LogP contribution in [0, 0.1) is 0 Å². The summed E-state index contributed by atoms with van der Waals surface area (Å²) in [5.41, 5.74) is 2.01. The molecule has 1 aromatic rings. The van der Waals surface area contributed by atoms with E-state index in [9.17, 15) is 0 Å². The van der Waals surface area contributed by atoms with Gasteiger partial charge in [-0.3, -0.25) is 0 Å². The highest BCUT2D eigenvalue weighted by molar-refractivity contribution is 9.10. The summed E-state index contributed by atoms with van der Waals surface area (Å²) in [5, 5.41) is 3.17. The van der Waals surface area contributed by atoms with E-state index in [1.54, 1.807) is 0 Å². The third-order valence-electron chi connectivity index (χ3n) is 1.33. The van der Waals surface area contributed by atoms with Gasteiger partial charge in [-0.05, 0) is 45.8 Å². The molecule has 0 fully saturated rings. The van der Waals surface area contributed by atoms with Gasteiger partial charge >= 0.3 is 0 Å². The van der Waals surface area contributed by atoms with Gasteiger partial charge in [0.15, 0.2) is 0 Å². The van der Waals surface area contributed by atoms with Gasteiger partial charge in [0.2, 0.25) is 0 Å². The van der Waals surface area contributed by atoms with Crippen molar-refractivity contribution in [3.05, 3.63) is 28.2 Å². The minimum atomic E-state index is 0.815. The van der Waals surface area contributed by atoms with Crippen molar-refractivity contribution in [2.45, 2.75) is 5.33 Å². The standard InChI is InChI=1S/C8H5Br2NS/c9-4-6-1-2-8(11-5-12)7(10)3-6/h1-3H,4H2. The van der Waals surface area contributed by atoms with Crippen molar-refractivity contribution in [3.63, 3.8) is 0 Å². The predicted octanol–water partition coefficient (Wildman–Crippen LogP) is 4.08. The first-order chi connectivity index (χ1) is 5.77. The van der Waals surface area contributed by atoms with Gasteiger partial charge < -0.3 is 0 Å². The predicted molar refractivity (Wildman–Crippen MR) is 61.5 cm³/mol. The summed E-state index contributed by atoms with van der Waals surface area (Å²) in [6.07, 6.45) is 0. The van der Waals surface area contributed by atoms with Crippen molar-refractivity contribution < 1.29 is 0 Å². The average molecular weight is 307 g/mol. The number of thiocarbonyl (C=S) groups is 1. The molecule has 12 heavy (non-hydrogen) atoms. The van der Waals surface area contributed by atoms with Gasteiger partial charge in [0, 0.05) is 9.80 Å². The number of rotatable bonds is 2. The van der Waals surface area contributed by atoms with Crippen LogP contribution in [-0.4, -0.2) is 5.16 Å². The van der Waals surface area contributed by atoms with E-state index in [0.29, 0.717) is 0 Å². The van der Waals surface area contributed by atoms with Gasteiger partial charge in [0.25, 0.3) is 0 Å². The Morgan fingerprint density at radius 1 is 1.50 bits per heavy atom. The van der Waals surface area contributed by atoms with Crippen LogP contribution in [0.15, 0.2) is 27.7 Å². The van der Waals surface area contributed by atoms with Crippen LogP contribution in [0.4, 0.5) is 5.69 Å². The highest BCUT2D eigenvalue weighted by Crippen LogP contribution is 2.26. The molecule has 0 saturated carbocycles. The lowest BCUT2D eigenvalue weighted by atomic mass is 10.2. The molecule has 1 rings (SSSR count). The van der Waals surface area contributed by atoms with Gasteiger partial charge in [-0.1, -0.05) is 22.0 Å². The second-order valence-electron chi connectivity index (χ2n) is 2.12. The van der Waals surface area contributed by atoms with E-state index in [1.807, 2.05) is 18.2 Å². The van der Waals surface area contributed by atoms with Crippen molar-refractivity contribution >= 4 is 54.9 Å². The quantitative estimate of drug-likeness (QED) is 0.456. The zero-order chi connectivity index (χ0) is 8.97. The molecule has 0 aliphatic carbocycles.